The maximum absolute atomic E-state index is 10.6. The molecule has 2 aromatic carbocycles. The highest BCUT2D eigenvalue weighted by atomic mass is 16.5. The summed E-state index contributed by atoms with van der Waals surface area (Å²) >= 11 is 0. The molecule has 142 valence electrons. The Balaban J connectivity index is 3.11. The lowest BCUT2D eigenvalue weighted by Gasteiger charge is -2.23. The summed E-state index contributed by atoms with van der Waals surface area (Å²) in [7, 11) is 7.25. The topological polar surface area (TPSA) is 86.6 Å². The van der Waals surface area contributed by atoms with Crippen molar-refractivity contribution in [3.63, 3.8) is 0 Å². The summed E-state index contributed by atoms with van der Waals surface area (Å²) in [6.45, 7) is 3.65. The second-order valence-electron chi connectivity index (χ2n) is 5.44. The van der Waals surface area contributed by atoms with Crippen molar-refractivity contribution in [2.75, 3.05) is 35.5 Å². The number of ether oxygens (including phenoxy) is 5. The Hall–Kier alpha value is -2.80. The number of fused-ring (bicyclic) bond motifs is 1. The van der Waals surface area contributed by atoms with E-state index in [4.69, 9.17) is 23.7 Å². The van der Waals surface area contributed by atoms with Crippen molar-refractivity contribution in [2.24, 2.45) is 0 Å². The molecule has 0 saturated carbocycles. The van der Waals surface area contributed by atoms with Crippen molar-refractivity contribution in [3.05, 3.63) is 24.3 Å². The summed E-state index contributed by atoms with van der Waals surface area (Å²) in [4.78, 5) is 0. The van der Waals surface area contributed by atoms with Gasteiger partial charge in [-0.1, -0.05) is 6.08 Å². The molecule has 0 aromatic heterocycles. The lowest BCUT2D eigenvalue weighted by Crippen LogP contribution is -2.04. The molecule has 1 unspecified atom stereocenters. The Morgan fingerprint density at radius 2 is 1.46 bits per heavy atom. The molecule has 0 amide bonds. The van der Waals surface area contributed by atoms with Gasteiger partial charge < -0.3 is 33.9 Å². The van der Waals surface area contributed by atoms with E-state index < -0.39 is 6.10 Å². The average Bonchev–Trinajstić information content (AvgIpc) is 2.65. The van der Waals surface area contributed by atoms with Gasteiger partial charge in [-0.15, -0.1) is 6.58 Å². The van der Waals surface area contributed by atoms with Crippen LogP contribution in [0.5, 0.6) is 34.5 Å². The summed E-state index contributed by atoms with van der Waals surface area (Å²) in [6, 6.07) is 1.66. The number of phenolic OH excluding ortho intramolecular Hbond substituents is 1. The van der Waals surface area contributed by atoms with Crippen LogP contribution in [0.4, 0.5) is 0 Å². The third-order valence-corrected chi connectivity index (χ3v) is 4.15. The van der Waals surface area contributed by atoms with Crippen LogP contribution in [0.25, 0.3) is 10.8 Å². The fourth-order valence-electron chi connectivity index (χ4n) is 3.04. The van der Waals surface area contributed by atoms with Gasteiger partial charge in [-0.25, -0.2) is 0 Å². The van der Waals surface area contributed by atoms with Gasteiger partial charge in [0.15, 0.2) is 11.5 Å². The standard InChI is InChI=1S/C19H24O7/c1-7-8-11(20)10-9-12(22-2)13-14(16(10)23-3)17(24-4)15(21)19(26-6)18(13)25-5/h7,9,11,20-21H,1,8H2,2-6H3. The average molecular weight is 364 g/mol. The van der Waals surface area contributed by atoms with E-state index in [1.807, 2.05) is 0 Å². The zero-order valence-corrected chi connectivity index (χ0v) is 15.6. The van der Waals surface area contributed by atoms with Crippen molar-refractivity contribution in [2.45, 2.75) is 12.5 Å². The van der Waals surface area contributed by atoms with E-state index in [1.165, 1.54) is 35.5 Å². The molecule has 0 heterocycles. The number of hydrogen-bond acceptors (Lipinski definition) is 7. The van der Waals surface area contributed by atoms with Gasteiger partial charge in [0.25, 0.3) is 0 Å². The summed E-state index contributed by atoms with van der Waals surface area (Å²) in [5, 5.41) is 22.0. The molecule has 0 spiro atoms. The van der Waals surface area contributed by atoms with Gasteiger partial charge in [0.2, 0.25) is 11.5 Å². The minimum absolute atomic E-state index is 0.108. The van der Waals surface area contributed by atoms with E-state index in [-0.39, 0.29) is 23.0 Å². The Kier molecular flexibility index (Phi) is 6.05. The van der Waals surface area contributed by atoms with Gasteiger partial charge in [0.05, 0.1) is 52.4 Å². The van der Waals surface area contributed by atoms with E-state index in [2.05, 4.69) is 6.58 Å². The molecule has 0 radical (unpaired) electrons. The van der Waals surface area contributed by atoms with Crippen LogP contribution in [0, 0.1) is 0 Å². The second kappa shape index (κ2) is 8.05. The summed E-state index contributed by atoms with van der Waals surface area (Å²) in [5.41, 5.74) is 0.474. The fourth-order valence-corrected chi connectivity index (χ4v) is 3.04. The smallest absolute Gasteiger partial charge is 0.207 e. The minimum atomic E-state index is -0.874. The minimum Gasteiger partial charge on any atom is -0.502 e. The van der Waals surface area contributed by atoms with Crippen molar-refractivity contribution in [1.82, 2.24) is 0 Å². The van der Waals surface area contributed by atoms with Crippen LogP contribution in [-0.2, 0) is 0 Å². The zero-order valence-electron chi connectivity index (χ0n) is 15.6. The van der Waals surface area contributed by atoms with Gasteiger partial charge >= 0.3 is 0 Å². The van der Waals surface area contributed by atoms with E-state index in [0.717, 1.165) is 0 Å². The second-order valence-corrected chi connectivity index (χ2v) is 5.44. The summed E-state index contributed by atoms with van der Waals surface area (Å²) in [5.74, 6) is 1.00. The first-order valence-corrected chi connectivity index (χ1v) is 7.88. The molecular formula is C19H24O7. The molecule has 0 aliphatic carbocycles. The highest BCUT2D eigenvalue weighted by molar-refractivity contribution is 6.06. The van der Waals surface area contributed by atoms with E-state index in [0.29, 0.717) is 34.3 Å². The molecule has 2 aromatic rings. The quantitative estimate of drug-likeness (QED) is 0.696. The number of benzene rings is 2. The van der Waals surface area contributed by atoms with Crippen LogP contribution >= 0.6 is 0 Å². The molecular weight excluding hydrogens is 340 g/mol. The number of aliphatic hydroxyl groups is 1. The number of methoxy groups -OCH3 is 5. The molecule has 0 aliphatic rings. The van der Waals surface area contributed by atoms with Crippen molar-refractivity contribution in [3.8, 4) is 34.5 Å². The Labute approximate surface area is 152 Å². The van der Waals surface area contributed by atoms with Crippen LogP contribution < -0.4 is 23.7 Å². The first-order valence-electron chi connectivity index (χ1n) is 7.88. The largest absolute Gasteiger partial charge is 0.502 e. The zero-order chi connectivity index (χ0) is 19.4. The molecule has 0 saturated heterocycles. The van der Waals surface area contributed by atoms with Crippen LogP contribution in [0.1, 0.15) is 18.1 Å². The first-order chi connectivity index (χ1) is 12.5. The predicted molar refractivity (Wildman–Crippen MR) is 98.1 cm³/mol. The molecule has 1 atom stereocenters. The number of aromatic hydroxyl groups is 1. The third kappa shape index (κ3) is 2.94. The predicted octanol–water partition coefficient (Wildman–Crippen LogP) is 3.20. The van der Waals surface area contributed by atoms with Crippen molar-refractivity contribution >= 4 is 10.8 Å². The van der Waals surface area contributed by atoms with E-state index in [9.17, 15) is 10.2 Å². The molecule has 0 aliphatic heterocycles. The fraction of sp³-hybridized carbons (Fsp3) is 0.368. The van der Waals surface area contributed by atoms with Crippen LogP contribution in [-0.4, -0.2) is 45.8 Å². The van der Waals surface area contributed by atoms with E-state index in [1.54, 1.807) is 12.1 Å². The van der Waals surface area contributed by atoms with Gasteiger partial charge in [-0.05, 0) is 12.5 Å². The SMILES string of the molecule is C=CCC(O)c1cc(OC)c2c(OC)c(OC)c(O)c(OC)c2c1OC. The molecule has 2 rings (SSSR count). The number of phenols is 1. The lowest BCUT2D eigenvalue weighted by molar-refractivity contribution is 0.177. The van der Waals surface area contributed by atoms with E-state index >= 15 is 0 Å². The van der Waals surface area contributed by atoms with Crippen LogP contribution in [0.2, 0.25) is 0 Å². The summed E-state index contributed by atoms with van der Waals surface area (Å²) in [6.07, 6.45) is 1.04. The maximum Gasteiger partial charge on any atom is 0.207 e. The van der Waals surface area contributed by atoms with Crippen molar-refractivity contribution < 1.29 is 33.9 Å². The summed E-state index contributed by atoms with van der Waals surface area (Å²) < 4.78 is 27.2. The highest BCUT2D eigenvalue weighted by Gasteiger charge is 2.29. The van der Waals surface area contributed by atoms with Gasteiger partial charge in [0.1, 0.15) is 11.5 Å². The molecule has 26 heavy (non-hydrogen) atoms. The van der Waals surface area contributed by atoms with Crippen molar-refractivity contribution in [1.29, 1.82) is 0 Å². The number of rotatable bonds is 8. The number of hydrogen-bond donors (Lipinski definition) is 2. The van der Waals surface area contributed by atoms with Gasteiger partial charge in [-0.3, -0.25) is 0 Å². The Bertz CT molecular complexity index is 814. The molecule has 2 N–H and O–H groups in total. The van der Waals surface area contributed by atoms with Crippen LogP contribution in [0.3, 0.4) is 0 Å². The molecule has 0 bridgehead atoms. The monoisotopic (exact) mass is 364 g/mol. The Morgan fingerprint density at radius 1 is 0.885 bits per heavy atom. The third-order valence-electron chi connectivity index (χ3n) is 4.15. The molecule has 7 heteroatoms. The number of aliphatic hydroxyl groups excluding tert-OH is 1. The lowest BCUT2D eigenvalue weighted by atomic mass is 9.96. The maximum atomic E-state index is 10.6. The highest BCUT2D eigenvalue weighted by Crippen LogP contribution is 2.56. The molecule has 0 fully saturated rings. The van der Waals surface area contributed by atoms with Crippen LogP contribution in [0.15, 0.2) is 18.7 Å². The molecule has 7 nitrogen and oxygen atoms in total. The van der Waals surface area contributed by atoms with Gasteiger partial charge in [-0.2, -0.15) is 0 Å². The van der Waals surface area contributed by atoms with Gasteiger partial charge in [0, 0.05) is 5.56 Å². The first kappa shape index (κ1) is 19.5. The normalized spacial score (nSPS) is 11.8. The Morgan fingerprint density at radius 3 is 1.92 bits per heavy atom.